The van der Waals surface area contributed by atoms with Gasteiger partial charge < -0.3 is 10.2 Å². The molecule has 2 fully saturated rings. The molecule has 2 amide bonds. The lowest BCUT2D eigenvalue weighted by Crippen LogP contribution is -2.36. The van der Waals surface area contributed by atoms with Gasteiger partial charge in [0.1, 0.15) is 0 Å². The number of likely N-dealkylation sites (tertiary alicyclic amines) is 1. The van der Waals surface area contributed by atoms with Gasteiger partial charge in [0, 0.05) is 37.8 Å². The van der Waals surface area contributed by atoms with Gasteiger partial charge in [-0.2, -0.15) is 5.10 Å². The third kappa shape index (κ3) is 2.77. The van der Waals surface area contributed by atoms with Crippen LogP contribution in [-0.2, 0) is 30.2 Å². The van der Waals surface area contributed by atoms with Crippen LogP contribution < -0.4 is 5.32 Å². The second-order valence-electron chi connectivity index (χ2n) is 7.16. The maximum Gasteiger partial charge on any atom is 0.226 e. The number of carbonyl (C=O) groups is 2. The maximum atomic E-state index is 12.9. The van der Waals surface area contributed by atoms with E-state index in [1.165, 1.54) is 0 Å². The van der Waals surface area contributed by atoms with Gasteiger partial charge in [0.05, 0.1) is 36.6 Å². The summed E-state index contributed by atoms with van der Waals surface area (Å²) in [6.45, 7) is 2.32. The zero-order chi connectivity index (χ0) is 18.4. The molecule has 0 unspecified atom stereocenters. The number of hydrogen-bond acceptors (Lipinski definition) is 5. The van der Waals surface area contributed by atoms with Gasteiger partial charge in [-0.1, -0.05) is 5.21 Å². The van der Waals surface area contributed by atoms with Crippen LogP contribution >= 0.6 is 0 Å². The summed E-state index contributed by atoms with van der Waals surface area (Å²) in [6.07, 6.45) is 5.68. The molecule has 26 heavy (non-hydrogen) atoms. The molecule has 9 heteroatoms. The summed E-state index contributed by atoms with van der Waals surface area (Å²) >= 11 is 0. The van der Waals surface area contributed by atoms with Crippen LogP contribution in [0.2, 0.25) is 0 Å². The van der Waals surface area contributed by atoms with E-state index in [0.29, 0.717) is 6.54 Å². The third-order valence-electron chi connectivity index (χ3n) is 5.48. The first-order valence-electron chi connectivity index (χ1n) is 8.88. The van der Waals surface area contributed by atoms with Crippen LogP contribution in [-0.4, -0.2) is 47.5 Å². The highest BCUT2D eigenvalue weighted by atomic mass is 16.2. The lowest BCUT2D eigenvalue weighted by molar-refractivity contribution is -0.129. The van der Waals surface area contributed by atoms with Gasteiger partial charge in [0.2, 0.25) is 11.8 Å². The second-order valence-corrected chi connectivity index (χ2v) is 7.16. The second kappa shape index (κ2) is 6.22. The predicted molar refractivity (Wildman–Crippen MR) is 91.5 cm³/mol. The SMILES string of the molecule is Cc1c([C@@H]2[C@@H](C(=O)NCc3cnnn3C)CC(=O)N2C2CC2)cnn1C. The van der Waals surface area contributed by atoms with Crippen molar-refractivity contribution in [2.24, 2.45) is 20.0 Å². The molecule has 1 saturated heterocycles. The number of rotatable bonds is 5. The first kappa shape index (κ1) is 16.7. The summed E-state index contributed by atoms with van der Waals surface area (Å²) in [5.74, 6) is -0.466. The molecule has 9 nitrogen and oxygen atoms in total. The van der Waals surface area contributed by atoms with Crippen LogP contribution in [0.1, 0.15) is 42.3 Å². The molecule has 0 radical (unpaired) electrons. The fourth-order valence-electron chi connectivity index (χ4n) is 3.73. The predicted octanol–water partition coefficient (Wildman–Crippen LogP) is 0.225. The van der Waals surface area contributed by atoms with Gasteiger partial charge >= 0.3 is 0 Å². The van der Waals surface area contributed by atoms with Crippen LogP contribution in [0.4, 0.5) is 0 Å². The van der Waals surface area contributed by atoms with Crippen LogP contribution in [0, 0.1) is 12.8 Å². The van der Waals surface area contributed by atoms with E-state index >= 15 is 0 Å². The molecule has 2 aliphatic rings. The zero-order valence-electron chi connectivity index (χ0n) is 15.2. The van der Waals surface area contributed by atoms with E-state index in [4.69, 9.17) is 0 Å². The smallest absolute Gasteiger partial charge is 0.226 e. The molecule has 1 saturated carbocycles. The Morgan fingerprint density at radius 1 is 1.27 bits per heavy atom. The van der Waals surface area contributed by atoms with E-state index in [0.717, 1.165) is 29.8 Å². The summed E-state index contributed by atoms with van der Waals surface area (Å²) in [4.78, 5) is 27.5. The lowest BCUT2D eigenvalue weighted by atomic mass is 9.93. The fourth-order valence-corrected chi connectivity index (χ4v) is 3.73. The summed E-state index contributed by atoms with van der Waals surface area (Å²) in [5.41, 5.74) is 2.77. The molecule has 4 rings (SSSR count). The van der Waals surface area contributed by atoms with E-state index < -0.39 is 5.92 Å². The molecular weight excluding hydrogens is 334 g/mol. The van der Waals surface area contributed by atoms with Crippen molar-refractivity contribution < 1.29 is 9.59 Å². The topological polar surface area (TPSA) is 97.9 Å². The lowest BCUT2D eigenvalue weighted by Gasteiger charge is -2.28. The molecule has 1 N–H and O–H groups in total. The molecule has 0 spiro atoms. The monoisotopic (exact) mass is 357 g/mol. The van der Waals surface area contributed by atoms with Crippen molar-refractivity contribution in [2.75, 3.05) is 0 Å². The molecule has 2 aromatic heterocycles. The van der Waals surface area contributed by atoms with Crippen molar-refractivity contribution in [2.45, 2.75) is 44.8 Å². The standard InChI is InChI=1S/C17H23N7O2/c1-10-14(9-20-22(10)2)16-13(6-15(25)24(16)11-4-5-11)17(26)18-7-12-8-19-21-23(12)3/h8-9,11,13,16H,4-7H2,1-3H3,(H,18,26)/t13-,16-/m0/s1. The summed E-state index contributed by atoms with van der Waals surface area (Å²) in [5, 5.41) is 15.0. The maximum absolute atomic E-state index is 12.9. The molecule has 1 aliphatic carbocycles. The van der Waals surface area contributed by atoms with Crippen molar-refractivity contribution >= 4 is 11.8 Å². The van der Waals surface area contributed by atoms with E-state index in [1.54, 1.807) is 28.8 Å². The Balaban J connectivity index is 1.58. The number of aromatic nitrogens is 5. The zero-order valence-corrected chi connectivity index (χ0v) is 15.2. The van der Waals surface area contributed by atoms with Gasteiger partial charge in [0.15, 0.2) is 0 Å². The first-order valence-corrected chi connectivity index (χ1v) is 8.88. The van der Waals surface area contributed by atoms with Gasteiger partial charge in [-0.25, -0.2) is 0 Å². The van der Waals surface area contributed by atoms with Crippen molar-refractivity contribution in [3.8, 4) is 0 Å². The largest absolute Gasteiger partial charge is 0.350 e. The Morgan fingerprint density at radius 2 is 2.04 bits per heavy atom. The Labute approximate surface area is 151 Å². The molecule has 0 bridgehead atoms. The van der Waals surface area contributed by atoms with Crippen molar-refractivity contribution in [1.82, 2.24) is 35.0 Å². The number of aryl methyl sites for hydroxylation is 2. The van der Waals surface area contributed by atoms with E-state index in [1.807, 2.05) is 18.9 Å². The van der Waals surface area contributed by atoms with Crippen LogP contribution in [0.25, 0.3) is 0 Å². The Kier molecular flexibility index (Phi) is 4.01. The number of amides is 2. The highest BCUT2D eigenvalue weighted by molar-refractivity contribution is 5.90. The van der Waals surface area contributed by atoms with Crippen LogP contribution in [0.5, 0.6) is 0 Å². The quantitative estimate of drug-likeness (QED) is 0.826. The van der Waals surface area contributed by atoms with Gasteiger partial charge in [-0.15, -0.1) is 5.10 Å². The average Bonchev–Trinajstić information content (AvgIpc) is 3.16. The van der Waals surface area contributed by atoms with Crippen LogP contribution in [0.3, 0.4) is 0 Å². The highest BCUT2D eigenvalue weighted by Gasteiger charge is 2.50. The minimum Gasteiger partial charge on any atom is -0.350 e. The van der Waals surface area contributed by atoms with Crippen molar-refractivity contribution in [3.63, 3.8) is 0 Å². The van der Waals surface area contributed by atoms with Gasteiger partial charge in [0.25, 0.3) is 0 Å². The highest BCUT2D eigenvalue weighted by Crippen LogP contribution is 2.45. The first-order chi connectivity index (χ1) is 12.5. The third-order valence-corrected chi connectivity index (χ3v) is 5.48. The van der Waals surface area contributed by atoms with Gasteiger partial charge in [-0.3, -0.25) is 19.0 Å². The van der Waals surface area contributed by atoms with Crippen LogP contribution in [0.15, 0.2) is 12.4 Å². The number of carbonyl (C=O) groups excluding carboxylic acids is 2. The summed E-state index contributed by atoms with van der Waals surface area (Å²) in [7, 11) is 3.66. The molecule has 2 atom stereocenters. The van der Waals surface area contributed by atoms with Crippen molar-refractivity contribution in [3.05, 3.63) is 29.3 Å². The van der Waals surface area contributed by atoms with E-state index in [2.05, 4.69) is 20.7 Å². The van der Waals surface area contributed by atoms with Gasteiger partial charge in [-0.05, 0) is 19.8 Å². The Morgan fingerprint density at radius 3 is 2.62 bits per heavy atom. The minimum atomic E-state index is -0.410. The van der Waals surface area contributed by atoms with Crippen molar-refractivity contribution in [1.29, 1.82) is 0 Å². The molecular formula is C17H23N7O2. The normalized spacial score (nSPS) is 22.9. The number of nitrogens with zero attached hydrogens (tertiary/aromatic N) is 6. The number of nitrogens with one attached hydrogen (secondary N) is 1. The summed E-state index contributed by atoms with van der Waals surface area (Å²) in [6, 6.07) is 0.0135. The molecule has 138 valence electrons. The molecule has 1 aliphatic heterocycles. The Bertz CT molecular complexity index is 851. The fraction of sp³-hybridized carbons (Fsp3) is 0.588. The molecule has 3 heterocycles. The van der Waals surface area contributed by atoms with E-state index in [-0.39, 0.29) is 30.3 Å². The minimum absolute atomic E-state index is 0.0584. The molecule has 0 aromatic carbocycles. The Hall–Kier alpha value is -2.71. The summed E-state index contributed by atoms with van der Waals surface area (Å²) < 4.78 is 3.42. The van der Waals surface area contributed by atoms with E-state index in [9.17, 15) is 9.59 Å². The number of hydrogen-bond donors (Lipinski definition) is 1. The average molecular weight is 357 g/mol. The molecule has 2 aromatic rings.